The molecule has 0 aliphatic heterocycles. The van der Waals surface area contributed by atoms with Crippen LogP contribution in [0.2, 0.25) is 0 Å². The fraction of sp³-hybridized carbons (Fsp3) is 0.615. The summed E-state index contributed by atoms with van der Waals surface area (Å²) < 4.78 is 61.2. The van der Waals surface area contributed by atoms with Crippen LogP contribution in [0.4, 0.5) is 0 Å². The van der Waals surface area contributed by atoms with E-state index in [2.05, 4.69) is 215 Å². The Balaban J connectivity index is 4.57. The van der Waals surface area contributed by atoms with E-state index in [9.17, 15) is 43.5 Å². The third-order valence-corrected chi connectivity index (χ3v) is 18.7. The van der Waals surface area contributed by atoms with Crippen molar-refractivity contribution in [2.75, 3.05) is 39.6 Å². The highest BCUT2D eigenvalue weighted by Crippen LogP contribution is 2.45. The Bertz CT molecular complexity index is 2760. The Labute approximate surface area is 661 Å². The molecule has 0 aliphatic rings. The van der Waals surface area contributed by atoms with E-state index in [1.165, 1.54) is 64.2 Å². The van der Waals surface area contributed by atoms with Gasteiger partial charge in [0.2, 0.25) is 0 Å². The van der Waals surface area contributed by atoms with E-state index in [1.54, 1.807) is 0 Å². The van der Waals surface area contributed by atoms with Crippen LogP contribution in [0, 0.1) is 0 Å². The van der Waals surface area contributed by atoms with Crippen LogP contribution in [0.3, 0.4) is 0 Å². The van der Waals surface area contributed by atoms with E-state index in [1.807, 2.05) is 0 Å². The van der Waals surface area contributed by atoms with Crippen LogP contribution >= 0.6 is 15.6 Å². The van der Waals surface area contributed by atoms with Crippen LogP contribution in [-0.2, 0) is 55.8 Å². The van der Waals surface area contributed by atoms with Crippen molar-refractivity contribution in [2.45, 2.75) is 322 Å². The molecular formula is C91H148O16P2. The lowest BCUT2D eigenvalue weighted by Gasteiger charge is -2.21. The van der Waals surface area contributed by atoms with Crippen molar-refractivity contribution >= 4 is 33.6 Å². The maximum atomic E-state index is 13.0. The minimum atomic E-state index is -4.95. The van der Waals surface area contributed by atoms with Gasteiger partial charge in [-0.05, 0) is 161 Å². The number of hydrogen-bond acceptors (Lipinski definition) is 14. The summed E-state index contributed by atoms with van der Waals surface area (Å²) in [6.07, 6.45) is 108. The number of unbranched alkanes of at least 4 members (excludes halogenated alkanes) is 22. The summed E-state index contributed by atoms with van der Waals surface area (Å²) in [5.74, 6) is -1.64. The summed E-state index contributed by atoms with van der Waals surface area (Å²) in [5, 5.41) is 20.7. The molecule has 16 nitrogen and oxygen atoms in total. The first kappa shape index (κ1) is 103. The Kier molecular flexibility index (Phi) is 77.7. The molecule has 0 aromatic rings. The van der Waals surface area contributed by atoms with Gasteiger partial charge in [-0.1, -0.05) is 318 Å². The Morgan fingerprint density at radius 1 is 0.257 bits per heavy atom. The normalized spacial score (nSPS) is 14.9. The fourth-order valence-electron chi connectivity index (χ4n) is 10.6. The predicted octanol–water partition coefficient (Wildman–Crippen LogP) is 25.1. The number of phosphoric acid groups is 2. The molecule has 5 atom stereocenters. The van der Waals surface area contributed by atoms with Crippen molar-refractivity contribution in [3.05, 3.63) is 194 Å². The standard InChI is InChI=1S/C91H148O16P2/c1-4-7-10-13-16-19-22-25-28-31-33-35-37-38-39-40-41-42-43-44-45-46-48-50-51-54-56-59-62-65-68-71-74-77-89(94)101-80-86(92)81-103-108(97,98)104-82-87(93)83-105-109(99,100)106-85-88(107-91(96)79-76-73-70-67-64-61-58-53-30-27-24-21-18-15-12-9-6-3)84-102-90(95)78-75-72-69-66-63-60-57-55-52-49-47-36-34-32-29-26-23-20-17-14-11-8-5-2/h7-12,16-21,25-30,33-36,38-39,41-42,49,52,57-58,60-61,86-88,92-93H,4-6,13-15,22-24,31-32,37,40,43-48,50-51,53-56,59,62-85H2,1-3H3,(H,97,98)(H,99,100)/b10-7-,11-8-,12-9-,19-16-,20-17-,21-18-,28-25-,29-26-,30-27-,35-33-,36-34-,39-38-,42-41-,52-49-,60-57-,61-58-. The highest BCUT2D eigenvalue weighted by atomic mass is 31.2. The van der Waals surface area contributed by atoms with Gasteiger partial charge in [0.15, 0.2) is 6.10 Å². The topological polar surface area (TPSA) is 231 Å². The van der Waals surface area contributed by atoms with Crippen LogP contribution in [0.5, 0.6) is 0 Å². The predicted molar refractivity (Wildman–Crippen MR) is 454 cm³/mol. The van der Waals surface area contributed by atoms with Gasteiger partial charge < -0.3 is 34.2 Å². The van der Waals surface area contributed by atoms with Gasteiger partial charge in [-0.3, -0.25) is 32.5 Å². The Hall–Kier alpha value is -5.61. The van der Waals surface area contributed by atoms with Crippen LogP contribution in [0.1, 0.15) is 303 Å². The zero-order chi connectivity index (χ0) is 79.4. The van der Waals surface area contributed by atoms with Crippen molar-refractivity contribution in [1.29, 1.82) is 0 Å². The summed E-state index contributed by atoms with van der Waals surface area (Å²) in [6, 6.07) is 0. The minimum Gasteiger partial charge on any atom is -0.463 e. The molecule has 0 rings (SSSR count). The highest BCUT2D eigenvalue weighted by Gasteiger charge is 2.29. The Morgan fingerprint density at radius 2 is 0.459 bits per heavy atom. The number of aliphatic hydroxyl groups excluding tert-OH is 2. The van der Waals surface area contributed by atoms with Crippen LogP contribution < -0.4 is 0 Å². The average molecular weight is 1560 g/mol. The van der Waals surface area contributed by atoms with Crippen molar-refractivity contribution < 1.29 is 75.8 Å². The van der Waals surface area contributed by atoms with Gasteiger partial charge in [0.1, 0.15) is 25.4 Å². The maximum absolute atomic E-state index is 13.0. The number of rotatable bonds is 77. The Morgan fingerprint density at radius 3 is 0.725 bits per heavy atom. The lowest BCUT2D eigenvalue weighted by molar-refractivity contribution is -0.161. The number of allylic oxidation sites excluding steroid dienone is 32. The molecule has 4 N–H and O–H groups in total. The first-order valence-corrected chi connectivity index (χ1v) is 44.7. The van der Waals surface area contributed by atoms with E-state index in [4.69, 9.17) is 32.3 Å². The molecule has 0 amide bonds. The number of hydrogen-bond donors (Lipinski definition) is 4. The fourth-order valence-corrected chi connectivity index (χ4v) is 12.2. The quantitative estimate of drug-likeness (QED) is 0.0146. The third-order valence-electron chi connectivity index (χ3n) is 16.8. The van der Waals surface area contributed by atoms with Gasteiger partial charge in [0, 0.05) is 19.3 Å². The average Bonchev–Trinajstić information content (AvgIpc) is 0.901. The molecule has 0 aliphatic carbocycles. The molecular weight excluding hydrogens is 1410 g/mol. The van der Waals surface area contributed by atoms with Gasteiger partial charge in [-0.25, -0.2) is 9.13 Å². The van der Waals surface area contributed by atoms with Gasteiger partial charge in [0.05, 0.1) is 26.4 Å². The summed E-state index contributed by atoms with van der Waals surface area (Å²) in [6.45, 7) is 2.27. The molecule has 0 heterocycles. The first-order chi connectivity index (χ1) is 53.2. The number of aliphatic hydroxyl groups is 2. The van der Waals surface area contributed by atoms with Crippen molar-refractivity contribution in [1.82, 2.24) is 0 Å². The number of ether oxygens (including phenoxy) is 3. The number of phosphoric ester groups is 2. The zero-order valence-corrected chi connectivity index (χ0v) is 69.4. The third kappa shape index (κ3) is 83.2. The zero-order valence-electron chi connectivity index (χ0n) is 67.6. The molecule has 0 radical (unpaired) electrons. The monoisotopic (exact) mass is 1560 g/mol. The van der Waals surface area contributed by atoms with Gasteiger partial charge >= 0.3 is 33.6 Å². The number of esters is 3. The lowest BCUT2D eigenvalue weighted by Crippen LogP contribution is -2.30. The van der Waals surface area contributed by atoms with Gasteiger partial charge in [0.25, 0.3) is 0 Å². The molecule has 0 saturated heterocycles. The minimum absolute atomic E-state index is 0.0634. The molecule has 0 aromatic carbocycles. The SMILES string of the molecule is CC/C=C\C/C=C\C/C=C\C/C=C\C/C=C\C/C=C\CCCCCCCCCCCCCCCCC(=O)OCC(O)COP(=O)(O)OCC(O)COP(=O)(O)OCC(COC(=O)CCCCCC/C=C\C/C=C\C/C=C\C/C=C\C/C=C\C/C=C\CC)OC(=O)CCCCCC/C=C\C/C=C\C/C=C\C/C=C\CC. The second kappa shape index (κ2) is 81.9. The first-order valence-electron chi connectivity index (χ1n) is 41.7. The van der Waals surface area contributed by atoms with E-state index >= 15 is 0 Å². The highest BCUT2D eigenvalue weighted by molar-refractivity contribution is 7.47. The smallest absolute Gasteiger partial charge is 0.463 e. The van der Waals surface area contributed by atoms with E-state index in [-0.39, 0.29) is 19.3 Å². The number of carbonyl (C=O) groups excluding carboxylic acids is 3. The summed E-state index contributed by atoms with van der Waals surface area (Å²) >= 11 is 0. The van der Waals surface area contributed by atoms with E-state index in [0.717, 1.165) is 180 Å². The largest absolute Gasteiger partial charge is 0.472 e. The van der Waals surface area contributed by atoms with Crippen molar-refractivity contribution in [3.8, 4) is 0 Å². The molecule has 0 saturated carbocycles. The molecule has 0 spiro atoms. The lowest BCUT2D eigenvalue weighted by atomic mass is 10.0. The summed E-state index contributed by atoms with van der Waals surface area (Å²) in [5.41, 5.74) is 0. The molecule has 109 heavy (non-hydrogen) atoms. The second-order valence-corrected chi connectivity index (χ2v) is 30.0. The molecule has 0 bridgehead atoms. The second-order valence-electron chi connectivity index (χ2n) is 27.1. The van der Waals surface area contributed by atoms with Crippen LogP contribution in [0.25, 0.3) is 0 Å². The van der Waals surface area contributed by atoms with Crippen LogP contribution in [0.15, 0.2) is 194 Å². The van der Waals surface area contributed by atoms with Crippen molar-refractivity contribution in [3.63, 3.8) is 0 Å². The summed E-state index contributed by atoms with van der Waals surface area (Å²) in [7, 11) is -9.83. The maximum Gasteiger partial charge on any atom is 0.472 e. The molecule has 0 fully saturated rings. The van der Waals surface area contributed by atoms with Gasteiger partial charge in [-0.2, -0.15) is 0 Å². The van der Waals surface area contributed by atoms with Crippen LogP contribution in [-0.4, -0.2) is 95.9 Å². The van der Waals surface area contributed by atoms with Gasteiger partial charge in [-0.15, -0.1) is 0 Å². The summed E-state index contributed by atoms with van der Waals surface area (Å²) in [4.78, 5) is 58.8. The van der Waals surface area contributed by atoms with Crippen molar-refractivity contribution in [2.24, 2.45) is 0 Å². The van der Waals surface area contributed by atoms with E-state index < -0.39 is 91.5 Å². The molecule has 5 unspecified atom stereocenters. The van der Waals surface area contributed by atoms with E-state index in [0.29, 0.717) is 19.3 Å². The molecule has 0 aromatic heterocycles. The molecule has 18 heteroatoms. The molecule has 618 valence electrons. The number of carbonyl (C=O) groups is 3.